The van der Waals surface area contributed by atoms with Crippen LogP contribution >= 0.6 is 11.6 Å². The van der Waals surface area contributed by atoms with Gasteiger partial charge in [-0.1, -0.05) is 23.7 Å². The Morgan fingerprint density at radius 1 is 1.38 bits per heavy atom. The van der Waals surface area contributed by atoms with Gasteiger partial charge in [-0.15, -0.1) is 0 Å². The second kappa shape index (κ2) is 4.28. The van der Waals surface area contributed by atoms with Crippen LogP contribution in [0, 0.1) is 0 Å². The molecule has 1 heterocycles. The minimum atomic E-state index is -0.273. The number of nitrogens with two attached hydrogens (primary N) is 1. The fourth-order valence-corrected chi connectivity index (χ4v) is 1.46. The Bertz CT molecular complexity index is 521. The number of para-hydroxylation sites is 2. The molecule has 0 fully saturated rings. The second-order valence-corrected chi connectivity index (χ2v) is 3.71. The summed E-state index contributed by atoms with van der Waals surface area (Å²) in [5.41, 5.74) is 7.20. The van der Waals surface area contributed by atoms with Crippen molar-refractivity contribution in [1.82, 2.24) is 4.98 Å². The molecule has 82 valence electrons. The smallest absolute Gasteiger partial charge is 0.272 e. The number of amides is 1. The van der Waals surface area contributed by atoms with Gasteiger partial charge < -0.3 is 16.0 Å². The molecule has 16 heavy (non-hydrogen) atoms. The minimum Gasteiger partial charge on any atom is -0.397 e. The summed E-state index contributed by atoms with van der Waals surface area (Å²) in [5.74, 6) is -0.273. The van der Waals surface area contributed by atoms with Gasteiger partial charge in [0.25, 0.3) is 5.91 Å². The van der Waals surface area contributed by atoms with Crippen LogP contribution in [0.25, 0.3) is 0 Å². The first-order valence-corrected chi connectivity index (χ1v) is 5.04. The normalized spacial score (nSPS) is 10.1. The van der Waals surface area contributed by atoms with E-state index in [0.717, 1.165) is 0 Å². The fraction of sp³-hybridized carbons (Fsp3) is 0. The molecule has 0 saturated carbocycles. The maximum absolute atomic E-state index is 11.7. The van der Waals surface area contributed by atoms with Crippen LogP contribution in [0.1, 0.15) is 10.5 Å². The molecule has 1 aromatic heterocycles. The van der Waals surface area contributed by atoms with Gasteiger partial charge in [0, 0.05) is 6.20 Å². The Morgan fingerprint density at radius 2 is 2.12 bits per heavy atom. The van der Waals surface area contributed by atoms with Gasteiger partial charge in [0.1, 0.15) is 5.69 Å². The van der Waals surface area contributed by atoms with Crippen molar-refractivity contribution >= 4 is 28.9 Å². The van der Waals surface area contributed by atoms with E-state index >= 15 is 0 Å². The summed E-state index contributed by atoms with van der Waals surface area (Å²) >= 11 is 5.70. The molecule has 1 amide bonds. The molecule has 0 radical (unpaired) electrons. The van der Waals surface area contributed by atoms with Gasteiger partial charge in [0.15, 0.2) is 0 Å². The molecular formula is C11H10ClN3O. The number of benzene rings is 1. The lowest BCUT2D eigenvalue weighted by Crippen LogP contribution is -2.13. The van der Waals surface area contributed by atoms with Crippen LogP contribution in [0.3, 0.4) is 0 Å². The number of hydrogen-bond acceptors (Lipinski definition) is 2. The van der Waals surface area contributed by atoms with Gasteiger partial charge in [-0.2, -0.15) is 0 Å². The summed E-state index contributed by atoms with van der Waals surface area (Å²) in [7, 11) is 0. The lowest BCUT2D eigenvalue weighted by molar-refractivity contribution is 0.102. The molecule has 0 aliphatic heterocycles. The minimum absolute atomic E-state index is 0.273. The lowest BCUT2D eigenvalue weighted by Gasteiger charge is -2.06. The highest BCUT2D eigenvalue weighted by Crippen LogP contribution is 2.18. The van der Waals surface area contributed by atoms with E-state index in [1.165, 1.54) is 0 Å². The van der Waals surface area contributed by atoms with Crippen molar-refractivity contribution < 1.29 is 4.79 Å². The maximum Gasteiger partial charge on any atom is 0.272 e. The second-order valence-electron chi connectivity index (χ2n) is 3.27. The molecule has 0 unspecified atom stereocenters. The van der Waals surface area contributed by atoms with Gasteiger partial charge in [-0.25, -0.2) is 0 Å². The van der Waals surface area contributed by atoms with Gasteiger partial charge in [-0.05, 0) is 18.2 Å². The van der Waals surface area contributed by atoms with Crippen LogP contribution in [0.4, 0.5) is 11.4 Å². The van der Waals surface area contributed by atoms with E-state index in [0.29, 0.717) is 22.1 Å². The first-order valence-electron chi connectivity index (χ1n) is 4.66. The van der Waals surface area contributed by atoms with E-state index in [2.05, 4.69) is 10.3 Å². The maximum atomic E-state index is 11.7. The number of carbonyl (C=O) groups excluding carboxylic acids is 1. The number of nitrogens with one attached hydrogen (secondary N) is 2. The van der Waals surface area contributed by atoms with Gasteiger partial charge in [-0.3, -0.25) is 4.79 Å². The molecule has 0 atom stereocenters. The van der Waals surface area contributed by atoms with Crippen LogP contribution in [-0.2, 0) is 0 Å². The third-order valence-electron chi connectivity index (χ3n) is 2.10. The predicted octanol–water partition coefficient (Wildman–Crippen LogP) is 2.50. The van der Waals surface area contributed by atoms with Crippen LogP contribution in [-0.4, -0.2) is 10.9 Å². The molecule has 5 heteroatoms. The molecule has 0 bridgehead atoms. The monoisotopic (exact) mass is 235 g/mol. The van der Waals surface area contributed by atoms with Crippen molar-refractivity contribution in [3.8, 4) is 0 Å². The number of aromatic nitrogens is 1. The number of hydrogen-bond donors (Lipinski definition) is 3. The predicted molar refractivity (Wildman–Crippen MR) is 64.6 cm³/mol. The van der Waals surface area contributed by atoms with Crippen LogP contribution in [0.2, 0.25) is 5.02 Å². The Labute approximate surface area is 97.4 Å². The zero-order valence-corrected chi connectivity index (χ0v) is 9.08. The Morgan fingerprint density at radius 3 is 2.75 bits per heavy atom. The van der Waals surface area contributed by atoms with Crippen molar-refractivity contribution in [2.45, 2.75) is 0 Å². The number of nitrogen functional groups attached to an aromatic ring is 1. The number of aromatic amines is 1. The van der Waals surface area contributed by atoms with Crippen molar-refractivity contribution in [1.29, 1.82) is 0 Å². The van der Waals surface area contributed by atoms with E-state index in [1.807, 2.05) is 0 Å². The third-order valence-corrected chi connectivity index (χ3v) is 2.32. The average molecular weight is 236 g/mol. The van der Waals surface area contributed by atoms with Gasteiger partial charge in [0.05, 0.1) is 16.4 Å². The number of carbonyl (C=O) groups is 1. The third kappa shape index (κ3) is 2.17. The largest absolute Gasteiger partial charge is 0.397 e. The van der Waals surface area contributed by atoms with Crippen molar-refractivity contribution in [3.63, 3.8) is 0 Å². The first kappa shape index (κ1) is 10.6. The molecule has 0 aliphatic carbocycles. The SMILES string of the molecule is Nc1ccccc1NC(=O)c1cc(Cl)c[nH]1. The quantitative estimate of drug-likeness (QED) is 0.700. The van der Waals surface area contributed by atoms with E-state index in [-0.39, 0.29) is 5.91 Å². The highest BCUT2D eigenvalue weighted by molar-refractivity contribution is 6.31. The van der Waals surface area contributed by atoms with Gasteiger partial charge in [0.2, 0.25) is 0 Å². The highest BCUT2D eigenvalue weighted by atomic mass is 35.5. The fourth-order valence-electron chi connectivity index (χ4n) is 1.30. The summed E-state index contributed by atoms with van der Waals surface area (Å²) in [6.07, 6.45) is 1.55. The zero-order chi connectivity index (χ0) is 11.5. The standard InChI is InChI=1S/C11H10ClN3O/c12-7-5-10(14-6-7)11(16)15-9-4-2-1-3-8(9)13/h1-6,14H,13H2,(H,15,16). The van der Waals surface area contributed by atoms with Crippen molar-refractivity contribution in [2.24, 2.45) is 0 Å². The summed E-state index contributed by atoms with van der Waals surface area (Å²) < 4.78 is 0. The first-order chi connectivity index (χ1) is 7.66. The molecule has 0 saturated heterocycles. The summed E-state index contributed by atoms with van der Waals surface area (Å²) in [5, 5.41) is 3.18. The highest BCUT2D eigenvalue weighted by Gasteiger charge is 2.09. The van der Waals surface area contributed by atoms with Crippen LogP contribution in [0.5, 0.6) is 0 Å². The number of rotatable bonds is 2. The Balaban J connectivity index is 2.17. The number of halogens is 1. The summed E-state index contributed by atoms with van der Waals surface area (Å²) in [6.45, 7) is 0. The molecular weight excluding hydrogens is 226 g/mol. The Hall–Kier alpha value is -1.94. The average Bonchev–Trinajstić information content (AvgIpc) is 2.68. The molecule has 0 aliphatic rings. The summed E-state index contributed by atoms with van der Waals surface area (Å²) in [4.78, 5) is 14.5. The molecule has 2 rings (SSSR count). The van der Waals surface area contributed by atoms with Crippen LogP contribution < -0.4 is 11.1 Å². The van der Waals surface area contributed by atoms with E-state index in [4.69, 9.17) is 17.3 Å². The Kier molecular flexibility index (Phi) is 2.83. The summed E-state index contributed by atoms with van der Waals surface area (Å²) in [6, 6.07) is 8.61. The molecule has 1 aromatic carbocycles. The lowest BCUT2D eigenvalue weighted by atomic mass is 10.2. The number of anilines is 2. The van der Waals surface area contributed by atoms with E-state index in [1.54, 1.807) is 36.5 Å². The molecule has 2 aromatic rings. The molecule has 4 N–H and O–H groups in total. The van der Waals surface area contributed by atoms with E-state index in [9.17, 15) is 4.79 Å². The number of H-pyrrole nitrogens is 1. The van der Waals surface area contributed by atoms with Crippen molar-refractivity contribution in [3.05, 3.63) is 47.2 Å². The van der Waals surface area contributed by atoms with E-state index < -0.39 is 0 Å². The molecule has 0 spiro atoms. The van der Waals surface area contributed by atoms with Gasteiger partial charge >= 0.3 is 0 Å². The zero-order valence-electron chi connectivity index (χ0n) is 8.33. The van der Waals surface area contributed by atoms with Crippen molar-refractivity contribution in [2.75, 3.05) is 11.1 Å². The van der Waals surface area contributed by atoms with Crippen LogP contribution in [0.15, 0.2) is 36.5 Å². The topological polar surface area (TPSA) is 70.9 Å². The molecule has 4 nitrogen and oxygen atoms in total.